The molecule has 1 atom stereocenters. The fraction of sp³-hybridized carbons (Fsp3) is 0.625. The molecular weight excluding hydrogens is 234 g/mol. The van der Waals surface area contributed by atoms with Gasteiger partial charge in [0, 0.05) is 19.1 Å². The van der Waals surface area contributed by atoms with Gasteiger partial charge in [-0.2, -0.15) is 0 Å². The first kappa shape index (κ1) is 14.5. The summed E-state index contributed by atoms with van der Waals surface area (Å²) in [6.45, 7) is 5.94. The molecule has 2 rings (SSSR count). The van der Waals surface area contributed by atoms with Crippen molar-refractivity contribution in [3.63, 3.8) is 0 Å². The maximum atomic E-state index is 3.37. The minimum absolute atomic E-state index is 0.710. The van der Waals surface area contributed by atoms with Crippen molar-refractivity contribution in [2.24, 2.45) is 0 Å². The number of nitrogens with zero attached hydrogens (tertiary/aromatic N) is 2. The summed E-state index contributed by atoms with van der Waals surface area (Å²) in [6.07, 6.45) is 2.57. The van der Waals surface area contributed by atoms with Crippen molar-refractivity contribution >= 4 is 0 Å². The van der Waals surface area contributed by atoms with Crippen molar-refractivity contribution in [2.45, 2.75) is 25.4 Å². The van der Waals surface area contributed by atoms with E-state index in [0.29, 0.717) is 6.04 Å². The van der Waals surface area contributed by atoms with E-state index >= 15 is 0 Å². The van der Waals surface area contributed by atoms with Crippen LogP contribution in [0, 0.1) is 0 Å². The van der Waals surface area contributed by atoms with Crippen molar-refractivity contribution in [1.82, 2.24) is 15.1 Å². The van der Waals surface area contributed by atoms with Crippen LogP contribution in [-0.2, 0) is 6.54 Å². The smallest absolute Gasteiger partial charge is 0.0230 e. The molecule has 0 bridgehead atoms. The molecule has 0 amide bonds. The van der Waals surface area contributed by atoms with Crippen LogP contribution in [0.5, 0.6) is 0 Å². The highest BCUT2D eigenvalue weighted by molar-refractivity contribution is 5.14. The number of nitrogens with one attached hydrogen (secondary N) is 1. The quantitative estimate of drug-likeness (QED) is 0.807. The summed E-state index contributed by atoms with van der Waals surface area (Å²) in [6, 6.07) is 11.4. The van der Waals surface area contributed by atoms with E-state index in [2.05, 4.69) is 59.5 Å². The SMILES string of the molecule is CNC1CCN(CCCN(C)Cc2ccccc2)C1. The Morgan fingerprint density at radius 3 is 2.79 bits per heavy atom. The number of likely N-dealkylation sites (N-methyl/N-ethyl adjacent to an activating group) is 1. The van der Waals surface area contributed by atoms with E-state index in [0.717, 1.165) is 6.54 Å². The van der Waals surface area contributed by atoms with E-state index in [1.54, 1.807) is 0 Å². The molecule has 1 N–H and O–H groups in total. The molecular formula is C16H27N3. The van der Waals surface area contributed by atoms with E-state index in [-0.39, 0.29) is 0 Å². The maximum Gasteiger partial charge on any atom is 0.0230 e. The van der Waals surface area contributed by atoms with Gasteiger partial charge < -0.3 is 15.1 Å². The Kier molecular flexibility index (Phi) is 5.83. The number of hydrogen-bond donors (Lipinski definition) is 1. The fourth-order valence-electron chi connectivity index (χ4n) is 2.81. The van der Waals surface area contributed by atoms with Gasteiger partial charge in [0.05, 0.1) is 0 Å². The van der Waals surface area contributed by atoms with E-state index < -0.39 is 0 Å². The summed E-state index contributed by atoms with van der Waals surface area (Å²) < 4.78 is 0. The van der Waals surface area contributed by atoms with Crippen LogP contribution in [0.4, 0.5) is 0 Å². The second-order valence-electron chi connectivity index (χ2n) is 5.65. The topological polar surface area (TPSA) is 18.5 Å². The fourth-order valence-corrected chi connectivity index (χ4v) is 2.81. The number of likely N-dealkylation sites (tertiary alicyclic amines) is 1. The Hall–Kier alpha value is -0.900. The molecule has 1 aromatic carbocycles. The molecule has 1 aliphatic heterocycles. The first-order valence-electron chi connectivity index (χ1n) is 7.40. The lowest BCUT2D eigenvalue weighted by Crippen LogP contribution is -2.31. The van der Waals surface area contributed by atoms with Gasteiger partial charge in [0.1, 0.15) is 0 Å². The summed E-state index contributed by atoms with van der Waals surface area (Å²) >= 11 is 0. The lowest BCUT2D eigenvalue weighted by Gasteiger charge is -2.20. The van der Waals surface area contributed by atoms with Crippen LogP contribution >= 0.6 is 0 Å². The summed E-state index contributed by atoms with van der Waals surface area (Å²) in [5.74, 6) is 0. The van der Waals surface area contributed by atoms with Crippen LogP contribution in [0.25, 0.3) is 0 Å². The molecule has 3 nitrogen and oxygen atoms in total. The van der Waals surface area contributed by atoms with Gasteiger partial charge in [-0.1, -0.05) is 30.3 Å². The second-order valence-corrected chi connectivity index (χ2v) is 5.65. The van der Waals surface area contributed by atoms with Gasteiger partial charge in [-0.15, -0.1) is 0 Å². The molecule has 0 spiro atoms. The van der Waals surface area contributed by atoms with Gasteiger partial charge in [-0.3, -0.25) is 0 Å². The first-order chi connectivity index (χ1) is 9.28. The third-order valence-electron chi connectivity index (χ3n) is 3.99. The molecule has 19 heavy (non-hydrogen) atoms. The zero-order valence-corrected chi connectivity index (χ0v) is 12.3. The van der Waals surface area contributed by atoms with Crippen LogP contribution in [0.3, 0.4) is 0 Å². The number of hydrogen-bond acceptors (Lipinski definition) is 3. The average molecular weight is 261 g/mol. The Bertz CT molecular complexity index is 352. The molecule has 1 aliphatic rings. The summed E-state index contributed by atoms with van der Waals surface area (Å²) in [7, 11) is 4.29. The van der Waals surface area contributed by atoms with Crippen LogP contribution in [-0.4, -0.2) is 56.1 Å². The van der Waals surface area contributed by atoms with Crippen LogP contribution < -0.4 is 5.32 Å². The van der Waals surface area contributed by atoms with Crippen molar-refractivity contribution in [1.29, 1.82) is 0 Å². The molecule has 1 fully saturated rings. The van der Waals surface area contributed by atoms with E-state index in [1.165, 1.54) is 44.6 Å². The van der Waals surface area contributed by atoms with Crippen molar-refractivity contribution in [3.05, 3.63) is 35.9 Å². The Labute approximate surface area is 117 Å². The van der Waals surface area contributed by atoms with Crippen LogP contribution in [0.1, 0.15) is 18.4 Å². The van der Waals surface area contributed by atoms with Gasteiger partial charge in [0.2, 0.25) is 0 Å². The predicted octanol–water partition coefficient (Wildman–Crippen LogP) is 1.80. The lowest BCUT2D eigenvalue weighted by molar-refractivity contribution is 0.272. The standard InChI is InChI=1S/C16H27N3/c1-17-16-9-12-19(14-16)11-6-10-18(2)13-15-7-4-3-5-8-15/h3-5,7-8,16-17H,6,9-14H2,1-2H3. The summed E-state index contributed by atoms with van der Waals surface area (Å²) in [4.78, 5) is 5.00. The third-order valence-corrected chi connectivity index (χ3v) is 3.99. The highest BCUT2D eigenvalue weighted by Gasteiger charge is 2.19. The molecule has 1 unspecified atom stereocenters. The molecule has 1 heterocycles. The normalized spacial score (nSPS) is 20.3. The largest absolute Gasteiger partial charge is 0.316 e. The zero-order chi connectivity index (χ0) is 13.5. The van der Waals surface area contributed by atoms with Gasteiger partial charge in [-0.25, -0.2) is 0 Å². The monoisotopic (exact) mass is 261 g/mol. The Morgan fingerprint density at radius 1 is 1.32 bits per heavy atom. The van der Waals surface area contributed by atoms with Gasteiger partial charge in [-0.05, 0) is 52.1 Å². The van der Waals surface area contributed by atoms with E-state index in [4.69, 9.17) is 0 Å². The Morgan fingerprint density at radius 2 is 2.11 bits per heavy atom. The molecule has 0 radical (unpaired) electrons. The van der Waals surface area contributed by atoms with Crippen molar-refractivity contribution < 1.29 is 0 Å². The highest BCUT2D eigenvalue weighted by Crippen LogP contribution is 2.09. The molecule has 0 aromatic heterocycles. The van der Waals surface area contributed by atoms with Crippen LogP contribution in [0.2, 0.25) is 0 Å². The molecule has 106 valence electrons. The first-order valence-corrected chi connectivity index (χ1v) is 7.40. The maximum absolute atomic E-state index is 3.37. The minimum atomic E-state index is 0.710. The molecule has 0 saturated carbocycles. The molecule has 3 heteroatoms. The van der Waals surface area contributed by atoms with Crippen molar-refractivity contribution in [3.8, 4) is 0 Å². The second kappa shape index (κ2) is 7.63. The number of rotatable bonds is 7. The minimum Gasteiger partial charge on any atom is -0.316 e. The van der Waals surface area contributed by atoms with Gasteiger partial charge >= 0.3 is 0 Å². The zero-order valence-electron chi connectivity index (χ0n) is 12.3. The lowest BCUT2D eigenvalue weighted by atomic mass is 10.2. The number of benzene rings is 1. The average Bonchev–Trinajstić information content (AvgIpc) is 2.88. The molecule has 1 saturated heterocycles. The summed E-state index contributed by atoms with van der Waals surface area (Å²) in [5, 5.41) is 3.37. The van der Waals surface area contributed by atoms with Gasteiger partial charge in [0.25, 0.3) is 0 Å². The van der Waals surface area contributed by atoms with E-state index in [9.17, 15) is 0 Å². The Balaban J connectivity index is 1.60. The van der Waals surface area contributed by atoms with Crippen LogP contribution in [0.15, 0.2) is 30.3 Å². The predicted molar refractivity (Wildman–Crippen MR) is 81.3 cm³/mol. The van der Waals surface area contributed by atoms with Crippen molar-refractivity contribution in [2.75, 3.05) is 40.3 Å². The summed E-state index contributed by atoms with van der Waals surface area (Å²) in [5.41, 5.74) is 1.40. The molecule has 0 aliphatic carbocycles. The third kappa shape index (κ3) is 4.94. The van der Waals surface area contributed by atoms with Gasteiger partial charge in [0.15, 0.2) is 0 Å². The molecule has 1 aromatic rings. The highest BCUT2D eigenvalue weighted by atomic mass is 15.2. The van der Waals surface area contributed by atoms with E-state index in [1.807, 2.05) is 0 Å².